The number of rotatable bonds is 14. The van der Waals surface area contributed by atoms with Crippen molar-refractivity contribution in [2.45, 2.75) is 37.2 Å². The summed E-state index contributed by atoms with van der Waals surface area (Å²) in [6.07, 6.45) is 0.969. The second kappa shape index (κ2) is 15.5. The van der Waals surface area contributed by atoms with Crippen molar-refractivity contribution in [2.75, 3.05) is 24.5 Å². The summed E-state index contributed by atoms with van der Waals surface area (Å²) in [5.74, 6) is -0.559. The molecule has 10 heteroatoms. The molecule has 0 saturated carbocycles. The van der Waals surface area contributed by atoms with Crippen LogP contribution in [0.25, 0.3) is 0 Å². The number of methoxy groups -OCH3 is 1. The number of nitrogens with zero attached hydrogens (tertiary/aromatic N) is 2. The molecule has 44 heavy (non-hydrogen) atoms. The van der Waals surface area contributed by atoms with Crippen LogP contribution in [0.15, 0.2) is 119 Å². The molecule has 230 valence electrons. The van der Waals surface area contributed by atoms with Gasteiger partial charge in [0.1, 0.15) is 18.3 Å². The minimum absolute atomic E-state index is 0.0266. The Morgan fingerprint density at radius 1 is 0.864 bits per heavy atom. The number of nitrogens with one attached hydrogen (secondary N) is 1. The molecule has 0 saturated heterocycles. The van der Waals surface area contributed by atoms with E-state index in [1.54, 1.807) is 42.5 Å². The van der Waals surface area contributed by atoms with Gasteiger partial charge in [0.25, 0.3) is 10.0 Å². The Labute approximate surface area is 267 Å². The van der Waals surface area contributed by atoms with Crippen molar-refractivity contribution in [3.63, 3.8) is 0 Å². The number of sulfonamides is 1. The summed E-state index contributed by atoms with van der Waals surface area (Å²) >= 11 is 3.50. The number of hydrogen-bond donors (Lipinski definition) is 1. The summed E-state index contributed by atoms with van der Waals surface area (Å²) in [4.78, 5) is 29.7. The van der Waals surface area contributed by atoms with Crippen LogP contribution in [0, 0.1) is 0 Å². The van der Waals surface area contributed by atoms with Gasteiger partial charge in [0.05, 0.1) is 17.7 Å². The third-order valence-electron chi connectivity index (χ3n) is 7.03. The summed E-state index contributed by atoms with van der Waals surface area (Å²) < 4.78 is 35.6. The van der Waals surface area contributed by atoms with Crippen LogP contribution in [-0.2, 0) is 32.6 Å². The topological polar surface area (TPSA) is 96.0 Å². The maximum Gasteiger partial charge on any atom is 0.264 e. The normalized spacial score (nSPS) is 11.8. The minimum Gasteiger partial charge on any atom is -0.495 e. The van der Waals surface area contributed by atoms with Gasteiger partial charge in [-0.15, -0.1) is 0 Å². The van der Waals surface area contributed by atoms with E-state index in [9.17, 15) is 18.0 Å². The Morgan fingerprint density at radius 3 is 2.16 bits per heavy atom. The molecule has 1 atom stereocenters. The van der Waals surface area contributed by atoms with Gasteiger partial charge in [0.15, 0.2) is 0 Å². The van der Waals surface area contributed by atoms with E-state index in [4.69, 9.17) is 4.74 Å². The summed E-state index contributed by atoms with van der Waals surface area (Å²) in [6, 6.07) is 30.6. The zero-order chi connectivity index (χ0) is 31.5. The Morgan fingerprint density at radius 2 is 1.50 bits per heavy atom. The van der Waals surface area contributed by atoms with Gasteiger partial charge in [-0.2, -0.15) is 0 Å². The summed E-state index contributed by atoms with van der Waals surface area (Å²) in [5, 5.41) is 2.95. The van der Waals surface area contributed by atoms with Crippen molar-refractivity contribution in [1.29, 1.82) is 0 Å². The quantitative estimate of drug-likeness (QED) is 0.182. The summed E-state index contributed by atoms with van der Waals surface area (Å²) in [6.45, 7) is 1.92. The number of anilines is 1. The number of hydrogen-bond acceptors (Lipinski definition) is 5. The van der Waals surface area contributed by atoms with Crippen LogP contribution in [0.3, 0.4) is 0 Å². The van der Waals surface area contributed by atoms with E-state index >= 15 is 0 Å². The molecule has 0 heterocycles. The molecular weight excluding hydrogens is 642 g/mol. The third kappa shape index (κ3) is 8.27. The van der Waals surface area contributed by atoms with E-state index in [-0.39, 0.29) is 29.5 Å². The Bertz CT molecular complexity index is 1650. The highest BCUT2D eigenvalue weighted by atomic mass is 79.9. The van der Waals surface area contributed by atoms with Crippen LogP contribution in [-0.4, -0.2) is 51.4 Å². The SMILES string of the molecule is CCCNC(=O)C(Cc1ccccc1)N(Cc1cccc(Br)c1)C(=O)CN(c1ccccc1OC)S(=O)(=O)c1ccccc1. The second-order valence-corrected chi connectivity index (χ2v) is 12.9. The van der Waals surface area contributed by atoms with Crippen molar-refractivity contribution in [1.82, 2.24) is 10.2 Å². The highest BCUT2D eigenvalue weighted by Gasteiger charge is 2.35. The van der Waals surface area contributed by atoms with E-state index in [2.05, 4.69) is 21.2 Å². The van der Waals surface area contributed by atoms with Crippen molar-refractivity contribution >= 4 is 43.5 Å². The summed E-state index contributed by atoms with van der Waals surface area (Å²) in [5.41, 5.74) is 1.86. The number of amides is 2. The Balaban J connectivity index is 1.82. The predicted octanol–water partition coefficient (Wildman–Crippen LogP) is 5.82. The molecule has 2 amide bonds. The number of ether oxygens (including phenoxy) is 1. The van der Waals surface area contributed by atoms with Gasteiger partial charge in [-0.05, 0) is 53.9 Å². The number of para-hydroxylation sites is 2. The smallest absolute Gasteiger partial charge is 0.264 e. The molecule has 0 aliphatic rings. The zero-order valence-electron chi connectivity index (χ0n) is 24.7. The van der Waals surface area contributed by atoms with Crippen LogP contribution in [0.4, 0.5) is 5.69 Å². The van der Waals surface area contributed by atoms with Crippen LogP contribution in [0.1, 0.15) is 24.5 Å². The van der Waals surface area contributed by atoms with Crippen LogP contribution in [0.5, 0.6) is 5.75 Å². The highest BCUT2D eigenvalue weighted by molar-refractivity contribution is 9.10. The molecule has 0 aliphatic heterocycles. The fourth-order valence-corrected chi connectivity index (χ4v) is 6.71. The van der Waals surface area contributed by atoms with Crippen molar-refractivity contribution in [3.05, 3.63) is 125 Å². The number of carbonyl (C=O) groups is 2. The number of benzene rings is 4. The maximum atomic E-state index is 14.5. The molecule has 8 nitrogen and oxygen atoms in total. The largest absolute Gasteiger partial charge is 0.495 e. The van der Waals surface area contributed by atoms with E-state index < -0.39 is 28.5 Å². The molecule has 0 bridgehead atoms. The van der Waals surface area contributed by atoms with E-state index in [1.165, 1.54) is 24.1 Å². The molecule has 4 rings (SSSR count). The first kappa shape index (κ1) is 32.8. The first-order valence-electron chi connectivity index (χ1n) is 14.3. The minimum atomic E-state index is -4.22. The van der Waals surface area contributed by atoms with Gasteiger partial charge >= 0.3 is 0 Å². The average molecular weight is 679 g/mol. The lowest BCUT2D eigenvalue weighted by Gasteiger charge is -2.34. The van der Waals surface area contributed by atoms with E-state index in [0.717, 1.165) is 26.3 Å². The van der Waals surface area contributed by atoms with Crippen molar-refractivity contribution in [2.24, 2.45) is 0 Å². The van der Waals surface area contributed by atoms with Gasteiger partial charge in [0, 0.05) is 24.0 Å². The lowest BCUT2D eigenvalue weighted by molar-refractivity contribution is -0.140. The fraction of sp³-hybridized carbons (Fsp3) is 0.235. The number of halogens is 1. The number of carbonyl (C=O) groups excluding carboxylic acids is 2. The fourth-order valence-electron chi connectivity index (χ4n) is 4.82. The molecule has 1 N–H and O–H groups in total. The van der Waals surface area contributed by atoms with Crippen LogP contribution >= 0.6 is 15.9 Å². The van der Waals surface area contributed by atoms with Crippen LogP contribution < -0.4 is 14.4 Å². The van der Waals surface area contributed by atoms with E-state index in [0.29, 0.717) is 12.3 Å². The first-order chi connectivity index (χ1) is 21.2. The molecule has 0 fully saturated rings. The standard InChI is InChI=1S/C34H36BrN3O5S/c1-3-21-36-34(40)31(23-26-13-6-4-7-14-26)37(24-27-15-12-16-28(35)22-27)33(39)25-38(30-19-10-11-20-32(30)43-2)44(41,42)29-17-8-5-9-18-29/h4-20,22,31H,3,21,23-25H2,1-2H3,(H,36,40). The Kier molecular flexibility index (Phi) is 11.6. The van der Waals surface area contributed by atoms with Crippen LogP contribution in [0.2, 0.25) is 0 Å². The van der Waals surface area contributed by atoms with Crippen molar-refractivity contribution in [3.8, 4) is 5.75 Å². The van der Waals surface area contributed by atoms with Gasteiger partial charge in [0.2, 0.25) is 11.8 Å². The third-order valence-corrected chi connectivity index (χ3v) is 9.29. The first-order valence-corrected chi connectivity index (χ1v) is 16.5. The monoisotopic (exact) mass is 677 g/mol. The molecule has 0 aliphatic carbocycles. The van der Waals surface area contributed by atoms with Gasteiger partial charge in [-0.1, -0.05) is 95.7 Å². The molecule has 0 radical (unpaired) electrons. The lowest BCUT2D eigenvalue weighted by Crippen LogP contribution is -2.53. The predicted molar refractivity (Wildman–Crippen MR) is 176 cm³/mol. The summed E-state index contributed by atoms with van der Waals surface area (Å²) in [7, 11) is -2.77. The lowest BCUT2D eigenvalue weighted by atomic mass is 10.0. The second-order valence-electron chi connectivity index (χ2n) is 10.1. The molecule has 4 aromatic carbocycles. The average Bonchev–Trinajstić information content (AvgIpc) is 3.04. The zero-order valence-corrected chi connectivity index (χ0v) is 27.1. The molecule has 0 spiro atoms. The van der Waals surface area contributed by atoms with Gasteiger partial charge < -0.3 is 15.0 Å². The van der Waals surface area contributed by atoms with Gasteiger partial charge in [-0.25, -0.2) is 8.42 Å². The highest BCUT2D eigenvalue weighted by Crippen LogP contribution is 2.32. The molecule has 1 unspecified atom stereocenters. The Hall–Kier alpha value is -4.15. The molecule has 0 aromatic heterocycles. The molecule has 4 aromatic rings. The van der Waals surface area contributed by atoms with Gasteiger partial charge in [-0.3, -0.25) is 13.9 Å². The van der Waals surface area contributed by atoms with E-state index in [1.807, 2.05) is 61.5 Å². The molecular formula is C34H36BrN3O5S. The maximum absolute atomic E-state index is 14.5. The van der Waals surface area contributed by atoms with Crippen molar-refractivity contribution < 1.29 is 22.7 Å².